The summed E-state index contributed by atoms with van der Waals surface area (Å²) in [5.41, 5.74) is 3.91. The van der Waals surface area contributed by atoms with E-state index in [1.807, 2.05) is 0 Å². The molecule has 1 heterocycles. The second kappa shape index (κ2) is 6.40. The van der Waals surface area contributed by atoms with Crippen molar-refractivity contribution >= 4 is 5.69 Å². The highest BCUT2D eigenvalue weighted by Crippen LogP contribution is 2.25. The van der Waals surface area contributed by atoms with Crippen molar-refractivity contribution in [2.75, 3.05) is 24.5 Å². The fraction of sp³-hybridized carbons (Fsp3) is 0.625. The number of nitrogens with zero attached hydrogens (tertiary/aromatic N) is 1. The largest absolute Gasteiger partial charge is 0.391 e. The van der Waals surface area contributed by atoms with E-state index in [0.29, 0.717) is 5.92 Å². The number of nitrogens with one attached hydrogen (secondary N) is 1. The summed E-state index contributed by atoms with van der Waals surface area (Å²) in [6, 6.07) is 6.61. The summed E-state index contributed by atoms with van der Waals surface area (Å²) >= 11 is 0. The molecule has 19 heavy (non-hydrogen) atoms. The average molecular weight is 262 g/mol. The first-order valence-corrected chi connectivity index (χ1v) is 7.29. The van der Waals surface area contributed by atoms with E-state index in [2.05, 4.69) is 49.2 Å². The number of hydrogen-bond acceptors (Lipinski definition) is 3. The molecule has 0 aromatic heterocycles. The molecule has 0 radical (unpaired) electrons. The van der Waals surface area contributed by atoms with Crippen LogP contribution in [0.5, 0.6) is 0 Å². The van der Waals surface area contributed by atoms with Gasteiger partial charge < -0.3 is 15.3 Å². The van der Waals surface area contributed by atoms with Crippen molar-refractivity contribution in [3.05, 3.63) is 29.3 Å². The van der Waals surface area contributed by atoms with Crippen LogP contribution in [0.25, 0.3) is 0 Å². The first-order valence-electron chi connectivity index (χ1n) is 7.29. The van der Waals surface area contributed by atoms with Gasteiger partial charge in [0, 0.05) is 25.3 Å². The zero-order chi connectivity index (χ0) is 13.8. The Labute approximate surface area is 116 Å². The van der Waals surface area contributed by atoms with Crippen LogP contribution in [0.2, 0.25) is 0 Å². The number of anilines is 1. The van der Waals surface area contributed by atoms with Crippen molar-refractivity contribution in [2.24, 2.45) is 5.92 Å². The topological polar surface area (TPSA) is 35.5 Å². The van der Waals surface area contributed by atoms with Crippen LogP contribution in [0.15, 0.2) is 18.2 Å². The molecule has 0 amide bonds. The zero-order valence-electron chi connectivity index (χ0n) is 12.3. The number of aliphatic hydroxyl groups is 1. The van der Waals surface area contributed by atoms with Gasteiger partial charge in [-0.3, -0.25) is 0 Å². The maximum atomic E-state index is 9.70. The van der Waals surface area contributed by atoms with E-state index >= 15 is 0 Å². The molecule has 0 spiro atoms. The van der Waals surface area contributed by atoms with Crippen LogP contribution in [0, 0.1) is 12.8 Å². The van der Waals surface area contributed by atoms with E-state index in [1.165, 1.54) is 16.8 Å². The molecule has 1 saturated heterocycles. The molecular weight excluding hydrogens is 236 g/mol. The Morgan fingerprint density at radius 3 is 2.84 bits per heavy atom. The Bertz CT molecular complexity index is 417. The molecule has 1 aromatic rings. The van der Waals surface area contributed by atoms with E-state index in [1.54, 1.807) is 0 Å². The van der Waals surface area contributed by atoms with Crippen LogP contribution >= 0.6 is 0 Å². The molecule has 1 aliphatic rings. The highest BCUT2D eigenvalue weighted by atomic mass is 16.3. The fourth-order valence-electron chi connectivity index (χ4n) is 2.62. The Morgan fingerprint density at radius 2 is 2.21 bits per heavy atom. The van der Waals surface area contributed by atoms with E-state index in [-0.39, 0.29) is 6.10 Å². The van der Waals surface area contributed by atoms with Crippen LogP contribution in [0.1, 0.15) is 31.4 Å². The van der Waals surface area contributed by atoms with Gasteiger partial charge in [0.15, 0.2) is 0 Å². The third-order valence-corrected chi connectivity index (χ3v) is 3.61. The monoisotopic (exact) mass is 262 g/mol. The van der Waals surface area contributed by atoms with Gasteiger partial charge in [-0.2, -0.15) is 0 Å². The van der Waals surface area contributed by atoms with Crippen LogP contribution in [-0.2, 0) is 6.54 Å². The van der Waals surface area contributed by atoms with Crippen LogP contribution in [0.4, 0.5) is 5.69 Å². The van der Waals surface area contributed by atoms with Crippen molar-refractivity contribution < 1.29 is 5.11 Å². The molecule has 1 atom stereocenters. The lowest BCUT2D eigenvalue weighted by atomic mass is 10.1. The molecule has 2 rings (SSSR count). The van der Waals surface area contributed by atoms with E-state index in [4.69, 9.17) is 0 Å². The standard InChI is InChI=1S/C16H26N2O/c1-12(2)9-17-10-14-8-13(3)4-5-16(14)18-7-6-15(19)11-18/h4-5,8,12,15,17,19H,6-7,9-11H2,1-3H3. The van der Waals surface area contributed by atoms with Crippen molar-refractivity contribution in [3.63, 3.8) is 0 Å². The van der Waals surface area contributed by atoms with Gasteiger partial charge in [0.05, 0.1) is 6.10 Å². The van der Waals surface area contributed by atoms with Crippen molar-refractivity contribution in [1.82, 2.24) is 5.32 Å². The van der Waals surface area contributed by atoms with Gasteiger partial charge in [-0.1, -0.05) is 31.5 Å². The van der Waals surface area contributed by atoms with Crippen molar-refractivity contribution in [2.45, 2.75) is 39.8 Å². The third kappa shape index (κ3) is 3.95. The summed E-state index contributed by atoms with van der Waals surface area (Å²) in [4.78, 5) is 2.30. The van der Waals surface area contributed by atoms with Gasteiger partial charge in [0.25, 0.3) is 0 Å². The second-order valence-electron chi connectivity index (χ2n) is 6.05. The summed E-state index contributed by atoms with van der Waals surface area (Å²) in [5.74, 6) is 0.668. The molecule has 1 fully saturated rings. The minimum Gasteiger partial charge on any atom is -0.391 e. The average Bonchev–Trinajstić information content (AvgIpc) is 2.75. The van der Waals surface area contributed by atoms with Crippen molar-refractivity contribution in [1.29, 1.82) is 0 Å². The van der Waals surface area contributed by atoms with Gasteiger partial charge >= 0.3 is 0 Å². The summed E-state index contributed by atoms with van der Waals surface area (Å²) in [6.07, 6.45) is 0.713. The molecule has 3 nitrogen and oxygen atoms in total. The van der Waals surface area contributed by atoms with Crippen molar-refractivity contribution in [3.8, 4) is 0 Å². The first kappa shape index (κ1) is 14.4. The lowest BCUT2D eigenvalue weighted by molar-refractivity contribution is 0.198. The molecule has 106 valence electrons. The minimum absolute atomic E-state index is 0.169. The van der Waals surface area contributed by atoms with E-state index in [0.717, 1.165) is 32.6 Å². The molecule has 0 aliphatic carbocycles. The summed E-state index contributed by atoms with van der Waals surface area (Å²) in [6.45, 7) is 10.2. The Hall–Kier alpha value is -1.06. The van der Waals surface area contributed by atoms with E-state index < -0.39 is 0 Å². The lowest BCUT2D eigenvalue weighted by Gasteiger charge is -2.22. The number of aryl methyl sites for hydroxylation is 1. The number of benzene rings is 1. The molecular formula is C16H26N2O. The van der Waals surface area contributed by atoms with Gasteiger partial charge in [0.1, 0.15) is 0 Å². The molecule has 1 aliphatic heterocycles. The fourth-order valence-corrected chi connectivity index (χ4v) is 2.62. The molecule has 2 N–H and O–H groups in total. The van der Waals surface area contributed by atoms with E-state index in [9.17, 15) is 5.11 Å². The Balaban J connectivity index is 2.09. The molecule has 3 heteroatoms. The number of β-amino-alcohol motifs (C(OH)–C–C–N with tert-alkyl or cyclic N) is 1. The normalized spacial score (nSPS) is 19.4. The quantitative estimate of drug-likeness (QED) is 0.855. The highest BCUT2D eigenvalue weighted by Gasteiger charge is 2.22. The maximum absolute atomic E-state index is 9.70. The number of rotatable bonds is 5. The Kier molecular flexibility index (Phi) is 4.83. The van der Waals surface area contributed by atoms with Crippen LogP contribution in [0.3, 0.4) is 0 Å². The Morgan fingerprint density at radius 1 is 1.42 bits per heavy atom. The van der Waals surface area contributed by atoms with Gasteiger partial charge in [-0.25, -0.2) is 0 Å². The predicted octanol–water partition coefficient (Wildman–Crippen LogP) is 2.31. The number of hydrogen-bond donors (Lipinski definition) is 2. The predicted molar refractivity (Wildman–Crippen MR) is 80.6 cm³/mol. The summed E-state index contributed by atoms with van der Waals surface area (Å²) in [7, 11) is 0. The summed E-state index contributed by atoms with van der Waals surface area (Å²) in [5, 5.41) is 13.2. The SMILES string of the molecule is Cc1ccc(N2CCC(O)C2)c(CNCC(C)C)c1. The second-order valence-corrected chi connectivity index (χ2v) is 6.05. The minimum atomic E-state index is -0.169. The maximum Gasteiger partial charge on any atom is 0.0731 e. The molecule has 1 unspecified atom stereocenters. The molecule has 0 bridgehead atoms. The van der Waals surface area contributed by atoms with Crippen LogP contribution in [-0.4, -0.2) is 30.8 Å². The zero-order valence-corrected chi connectivity index (χ0v) is 12.3. The highest BCUT2D eigenvalue weighted by molar-refractivity contribution is 5.55. The van der Waals surface area contributed by atoms with Gasteiger partial charge in [-0.05, 0) is 37.4 Å². The lowest BCUT2D eigenvalue weighted by Crippen LogP contribution is -2.25. The first-order chi connectivity index (χ1) is 9.06. The van der Waals surface area contributed by atoms with Crippen LogP contribution < -0.4 is 10.2 Å². The number of aliphatic hydroxyl groups excluding tert-OH is 1. The smallest absolute Gasteiger partial charge is 0.0731 e. The third-order valence-electron chi connectivity index (χ3n) is 3.61. The molecule has 0 saturated carbocycles. The van der Waals surface area contributed by atoms with Gasteiger partial charge in [0.2, 0.25) is 0 Å². The van der Waals surface area contributed by atoms with Gasteiger partial charge in [-0.15, -0.1) is 0 Å². The summed E-state index contributed by atoms with van der Waals surface area (Å²) < 4.78 is 0. The molecule has 1 aromatic carbocycles.